The fourth-order valence-corrected chi connectivity index (χ4v) is 3.78. The maximum atomic E-state index is 13.9. The molecule has 126 valence electrons. The predicted molar refractivity (Wildman–Crippen MR) is 93.0 cm³/mol. The summed E-state index contributed by atoms with van der Waals surface area (Å²) >= 11 is 0. The molecule has 0 aromatic heterocycles. The molecule has 0 bridgehead atoms. The number of nitrogens with zero attached hydrogens (tertiary/aromatic N) is 3. The molecule has 2 aromatic carbocycles. The SMILES string of the molecule is CN1CC(CN2CCN(c3ccc(F)cc3)c3cc(F)ccc32)C1. The normalized spacial score (nSPS) is 18.5. The van der Waals surface area contributed by atoms with Gasteiger partial charge in [-0.05, 0) is 49.5 Å². The van der Waals surface area contributed by atoms with Crippen molar-refractivity contribution >= 4 is 17.1 Å². The first kappa shape index (κ1) is 15.4. The molecular formula is C19H21F2N3. The highest BCUT2D eigenvalue weighted by Crippen LogP contribution is 2.38. The van der Waals surface area contributed by atoms with Crippen molar-refractivity contribution in [1.29, 1.82) is 0 Å². The van der Waals surface area contributed by atoms with E-state index >= 15 is 0 Å². The Morgan fingerprint density at radius 1 is 0.917 bits per heavy atom. The lowest BCUT2D eigenvalue weighted by atomic mass is 9.99. The van der Waals surface area contributed by atoms with E-state index in [1.54, 1.807) is 18.2 Å². The van der Waals surface area contributed by atoms with Crippen LogP contribution in [0.2, 0.25) is 0 Å². The van der Waals surface area contributed by atoms with Gasteiger partial charge in [-0.25, -0.2) is 8.78 Å². The van der Waals surface area contributed by atoms with Crippen LogP contribution in [0.1, 0.15) is 0 Å². The largest absolute Gasteiger partial charge is 0.368 e. The summed E-state index contributed by atoms with van der Waals surface area (Å²) < 4.78 is 27.1. The second kappa shape index (κ2) is 6.06. The monoisotopic (exact) mass is 329 g/mol. The zero-order valence-corrected chi connectivity index (χ0v) is 13.8. The summed E-state index contributed by atoms with van der Waals surface area (Å²) in [4.78, 5) is 6.73. The minimum atomic E-state index is -0.258. The summed E-state index contributed by atoms with van der Waals surface area (Å²) in [6.45, 7) is 4.89. The van der Waals surface area contributed by atoms with Gasteiger partial charge in [0.15, 0.2) is 0 Å². The Labute approximate surface area is 141 Å². The zero-order chi connectivity index (χ0) is 16.7. The maximum absolute atomic E-state index is 13.9. The first-order valence-corrected chi connectivity index (χ1v) is 8.36. The fourth-order valence-electron chi connectivity index (χ4n) is 3.78. The summed E-state index contributed by atoms with van der Waals surface area (Å²) in [6.07, 6.45) is 0. The van der Waals surface area contributed by atoms with E-state index < -0.39 is 0 Å². The number of hydrogen-bond acceptors (Lipinski definition) is 3. The second-order valence-electron chi connectivity index (χ2n) is 6.79. The van der Waals surface area contributed by atoms with Crippen molar-refractivity contribution in [2.45, 2.75) is 0 Å². The summed E-state index contributed by atoms with van der Waals surface area (Å²) in [5.41, 5.74) is 2.81. The highest BCUT2D eigenvalue weighted by molar-refractivity contribution is 5.79. The van der Waals surface area contributed by atoms with Crippen LogP contribution in [0.5, 0.6) is 0 Å². The molecule has 5 heteroatoms. The van der Waals surface area contributed by atoms with Crippen LogP contribution in [-0.2, 0) is 0 Å². The Bertz CT molecular complexity index is 726. The van der Waals surface area contributed by atoms with Crippen molar-refractivity contribution in [3.8, 4) is 0 Å². The van der Waals surface area contributed by atoms with E-state index in [1.807, 2.05) is 6.07 Å². The molecule has 0 saturated carbocycles. The standard InChI is InChI=1S/C19H21F2N3/c1-22-11-14(12-22)13-23-8-9-24(17-5-2-15(20)3-6-17)19-10-16(21)4-7-18(19)23/h2-7,10,14H,8-9,11-13H2,1H3. The van der Waals surface area contributed by atoms with E-state index in [9.17, 15) is 8.78 Å². The smallest absolute Gasteiger partial charge is 0.125 e. The van der Waals surface area contributed by atoms with Gasteiger partial charge in [0.2, 0.25) is 0 Å². The van der Waals surface area contributed by atoms with Crippen molar-refractivity contribution in [2.75, 3.05) is 49.6 Å². The van der Waals surface area contributed by atoms with Gasteiger partial charge in [-0.3, -0.25) is 0 Å². The van der Waals surface area contributed by atoms with E-state index in [-0.39, 0.29) is 11.6 Å². The van der Waals surface area contributed by atoms with Crippen LogP contribution >= 0.6 is 0 Å². The van der Waals surface area contributed by atoms with Gasteiger partial charge in [0.1, 0.15) is 11.6 Å². The molecule has 4 rings (SSSR count). The Balaban J connectivity index is 1.64. The number of rotatable bonds is 3. The zero-order valence-electron chi connectivity index (χ0n) is 13.8. The van der Waals surface area contributed by atoms with Gasteiger partial charge in [-0.1, -0.05) is 0 Å². The van der Waals surface area contributed by atoms with Crippen molar-refractivity contribution in [2.24, 2.45) is 5.92 Å². The maximum Gasteiger partial charge on any atom is 0.125 e. The molecule has 24 heavy (non-hydrogen) atoms. The summed E-state index contributed by atoms with van der Waals surface area (Å²) in [7, 11) is 2.13. The third-order valence-electron chi connectivity index (χ3n) is 4.92. The van der Waals surface area contributed by atoms with Crippen molar-refractivity contribution in [1.82, 2.24) is 4.90 Å². The molecule has 0 radical (unpaired) electrons. The number of fused-ring (bicyclic) bond motifs is 1. The molecule has 1 fully saturated rings. The van der Waals surface area contributed by atoms with Crippen LogP contribution in [0, 0.1) is 17.6 Å². The quantitative estimate of drug-likeness (QED) is 0.853. The van der Waals surface area contributed by atoms with Crippen LogP contribution in [0.15, 0.2) is 42.5 Å². The lowest BCUT2D eigenvalue weighted by molar-refractivity contribution is 0.138. The number of hydrogen-bond donors (Lipinski definition) is 0. The molecule has 0 unspecified atom stereocenters. The topological polar surface area (TPSA) is 9.72 Å². The first-order chi connectivity index (χ1) is 11.6. The van der Waals surface area contributed by atoms with Gasteiger partial charge in [-0.15, -0.1) is 0 Å². The van der Waals surface area contributed by atoms with Crippen LogP contribution in [0.25, 0.3) is 0 Å². The predicted octanol–water partition coefficient (Wildman–Crippen LogP) is 3.48. The molecule has 2 heterocycles. The highest BCUT2D eigenvalue weighted by atomic mass is 19.1. The molecule has 0 N–H and O–H groups in total. The van der Waals surface area contributed by atoms with E-state index in [2.05, 4.69) is 21.7 Å². The Kier molecular flexibility index (Phi) is 3.88. The highest BCUT2D eigenvalue weighted by Gasteiger charge is 2.30. The third-order valence-corrected chi connectivity index (χ3v) is 4.92. The molecule has 0 spiro atoms. The lowest BCUT2D eigenvalue weighted by Crippen LogP contribution is -2.51. The summed E-state index contributed by atoms with van der Waals surface area (Å²) in [5.74, 6) is 0.169. The van der Waals surface area contributed by atoms with Gasteiger partial charge in [-0.2, -0.15) is 0 Å². The van der Waals surface area contributed by atoms with E-state index in [1.165, 1.54) is 18.2 Å². The summed E-state index contributed by atoms with van der Waals surface area (Å²) in [5, 5.41) is 0. The van der Waals surface area contributed by atoms with Gasteiger partial charge in [0, 0.05) is 44.3 Å². The molecule has 2 aromatic rings. The van der Waals surface area contributed by atoms with E-state index in [0.717, 1.165) is 49.8 Å². The molecule has 2 aliphatic heterocycles. The molecule has 0 amide bonds. The fraction of sp³-hybridized carbons (Fsp3) is 0.368. The van der Waals surface area contributed by atoms with Crippen LogP contribution in [-0.4, -0.2) is 44.7 Å². The number of halogens is 2. The molecule has 0 aliphatic carbocycles. The molecule has 3 nitrogen and oxygen atoms in total. The summed E-state index contributed by atoms with van der Waals surface area (Å²) in [6, 6.07) is 11.4. The molecule has 0 atom stereocenters. The average molecular weight is 329 g/mol. The Hall–Kier alpha value is -2.14. The van der Waals surface area contributed by atoms with E-state index in [4.69, 9.17) is 0 Å². The average Bonchev–Trinajstić information content (AvgIpc) is 2.54. The number of benzene rings is 2. The van der Waals surface area contributed by atoms with Crippen LogP contribution in [0.4, 0.5) is 25.8 Å². The minimum absolute atomic E-state index is 0.244. The van der Waals surface area contributed by atoms with E-state index in [0.29, 0.717) is 5.92 Å². The molecular weight excluding hydrogens is 308 g/mol. The van der Waals surface area contributed by atoms with Crippen molar-refractivity contribution in [3.05, 3.63) is 54.1 Å². The van der Waals surface area contributed by atoms with Crippen LogP contribution in [0.3, 0.4) is 0 Å². The minimum Gasteiger partial charge on any atom is -0.368 e. The molecule has 1 saturated heterocycles. The third kappa shape index (κ3) is 2.84. The van der Waals surface area contributed by atoms with Gasteiger partial charge >= 0.3 is 0 Å². The number of likely N-dealkylation sites (tertiary alicyclic amines) is 1. The van der Waals surface area contributed by atoms with Crippen LogP contribution < -0.4 is 9.80 Å². The number of anilines is 3. The van der Waals surface area contributed by atoms with Crippen molar-refractivity contribution in [3.63, 3.8) is 0 Å². The van der Waals surface area contributed by atoms with Gasteiger partial charge in [0.25, 0.3) is 0 Å². The Morgan fingerprint density at radius 2 is 1.62 bits per heavy atom. The second-order valence-corrected chi connectivity index (χ2v) is 6.79. The lowest BCUT2D eigenvalue weighted by Gasteiger charge is -2.44. The van der Waals surface area contributed by atoms with Crippen molar-refractivity contribution < 1.29 is 8.78 Å². The molecule has 2 aliphatic rings. The van der Waals surface area contributed by atoms with Gasteiger partial charge < -0.3 is 14.7 Å². The Morgan fingerprint density at radius 3 is 2.33 bits per heavy atom. The van der Waals surface area contributed by atoms with Gasteiger partial charge in [0.05, 0.1) is 11.4 Å². The first-order valence-electron chi connectivity index (χ1n) is 8.36.